The van der Waals surface area contributed by atoms with Gasteiger partial charge in [0.25, 0.3) is 0 Å². The summed E-state index contributed by atoms with van der Waals surface area (Å²) in [6.45, 7) is 6.99. The molecule has 1 unspecified atom stereocenters. The van der Waals surface area contributed by atoms with Crippen molar-refractivity contribution in [1.82, 2.24) is 5.32 Å². The topological polar surface area (TPSA) is 12.0 Å². The van der Waals surface area contributed by atoms with Crippen LogP contribution in [0.15, 0.2) is 24.3 Å². The Balaban J connectivity index is 2.10. The van der Waals surface area contributed by atoms with E-state index in [1.807, 2.05) is 0 Å². The monoisotopic (exact) mass is 245 g/mol. The maximum absolute atomic E-state index is 3.54. The third kappa shape index (κ3) is 3.14. The van der Waals surface area contributed by atoms with E-state index in [2.05, 4.69) is 57.4 Å². The lowest BCUT2D eigenvalue weighted by atomic mass is 9.70. The van der Waals surface area contributed by atoms with Crippen molar-refractivity contribution in [2.75, 3.05) is 7.05 Å². The minimum absolute atomic E-state index is 0.529. The Hall–Kier alpha value is -0.820. The van der Waals surface area contributed by atoms with Gasteiger partial charge in [0.1, 0.15) is 0 Å². The maximum atomic E-state index is 3.54. The Bertz CT molecular complexity index is 384. The minimum Gasteiger partial charge on any atom is -0.313 e. The third-order valence-corrected chi connectivity index (χ3v) is 4.57. The van der Waals surface area contributed by atoms with E-state index in [1.165, 1.54) is 36.8 Å². The van der Waals surface area contributed by atoms with Gasteiger partial charge in [-0.15, -0.1) is 0 Å². The van der Waals surface area contributed by atoms with Crippen LogP contribution in [0.5, 0.6) is 0 Å². The highest BCUT2D eigenvalue weighted by Crippen LogP contribution is 2.42. The van der Waals surface area contributed by atoms with E-state index in [9.17, 15) is 0 Å². The van der Waals surface area contributed by atoms with Gasteiger partial charge in [0.05, 0.1) is 0 Å². The molecule has 2 rings (SSSR count). The molecule has 100 valence electrons. The molecule has 1 atom stereocenters. The van der Waals surface area contributed by atoms with Crippen molar-refractivity contribution in [3.05, 3.63) is 35.4 Å². The summed E-state index contributed by atoms with van der Waals surface area (Å²) in [5, 5.41) is 3.54. The van der Waals surface area contributed by atoms with E-state index in [1.54, 1.807) is 0 Å². The summed E-state index contributed by atoms with van der Waals surface area (Å²) in [6, 6.07) is 9.50. The van der Waals surface area contributed by atoms with Gasteiger partial charge in [-0.3, -0.25) is 0 Å². The molecule has 1 saturated carbocycles. The van der Waals surface area contributed by atoms with Crippen molar-refractivity contribution in [2.45, 2.75) is 52.5 Å². The quantitative estimate of drug-likeness (QED) is 0.828. The zero-order valence-electron chi connectivity index (χ0n) is 12.3. The van der Waals surface area contributed by atoms with Crippen LogP contribution in [0.2, 0.25) is 0 Å². The molecule has 0 amide bonds. The minimum atomic E-state index is 0.529. The highest BCUT2D eigenvalue weighted by molar-refractivity contribution is 5.25. The molecule has 0 bridgehead atoms. The van der Waals surface area contributed by atoms with E-state index in [4.69, 9.17) is 0 Å². The fraction of sp³-hybridized carbons (Fsp3) is 0.647. The molecule has 1 aromatic carbocycles. The highest BCUT2D eigenvalue weighted by atomic mass is 14.9. The molecule has 1 fully saturated rings. The summed E-state index contributed by atoms with van der Waals surface area (Å²) in [6.07, 6.45) is 5.43. The van der Waals surface area contributed by atoms with Crippen molar-refractivity contribution in [3.8, 4) is 0 Å². The molecule has 1 N–H and O–H groups in total. The van der Waals surface area contributed by atoms with Gasteiger partial charge < -0.3 is 5.32 Å². The van der Waals surface area contributed by atoms with Crippen LogP contribution >= 0.6 is 0 Å². The van der Waals surface area contributed by atoms with Crippen LogP contribution in [0.25, 0.3) is 0 Å². The van der Waals surface area contributed by atoms with E-state index in [0.29, 0.717) is 11.5 Å². The van der Waals surface area contributed by atoms with Crippen LogP contribution in [0, 0.1) is 18.3 Å². The number of hydrogen-bond acceptors (Lipinski definition) is 1. The summed E-state index contributed by atoms with van der Waals surface area (Å²) in [4.78, 5) is 0. The van der Waals surface area contributed by atoms with Crippen LogP contribution in [0.3, 0.4) is 0 Å². The molecule has 1 aliphatic carbocycles. The van der Waals surface area contributed by atoms with Gasteiger partial charge in [0, 0.05) is 6.04 Å². The first-order chi connectivity index (χ1) is 8.52. The Morgan fingerprint density at radius 3 is 2.44 bits per heavy atom. The number of nitrogens with one attached hydrogen (secondary N) is 1. The van der Waals surface area contributed by atoms with Gasteiger partial charge in [-0.25, -0.2) is 0 Å². The molecule has 0 heterocycles. The first-order valence-electron chi connectivity index (χ1n) is 7.26. The van der Waals surface area contributed by atoms with E-state index in [0.717, 1.165) is 5.92 Å². The molecule has 1 nitrogen and oxygen atoms in total. The van der Waals surface area contributed by atoms with E-state index >= 15 is 0 Å². The van der Waals surface area contributed by atoms with Gasteiger partial charge in [0.15, 0.2) is 0 Å². The highest BCUT2D eigenvalue weighted by Gasteiger charge is 2.31. The lowest BCUT2D eigenvalue weighted by Crippen LogP contribution is -2.31. The second-order valence-electron chi connectivity index (χ2n) is 6.68. The molecule has 1 aromatic rings. The smallest absolute Gasteiger partial charge is 0.0346 e. The maximum Gasteiger partial charge on any atom is 0.0346 e. The molecular weight excluding hydrogens is 218 g/mol. The standard InChI is InChI=1S/C17H27N/c1-13-6-5-7-15(12-13)16(18-4)14-8-10-17(2,3)11-9-14/h5-7,12,14,16,18H,8-11H2,1-4H3. The molecule has 0 aliphatic heterocycles. The number of rotatable bonds is 3. The second kappa shape index (κ2) is 5.44. The second-order valence-corrected chi connectivity index (χ2v) is 6.68. The number of hydrogen-bond donors (Lipinski definition) is 1. The summed E-state index contributed by atoms with van der Waals surface area (Å²) in [7, 11) is 2.10. The number of benzene rings is 1. The first kappa shape index (κ1) is 13.6. The Morgan fingerprint density at radius 1 is 1.22 bits per heavy atom. The average molecular weight is 245 g/mol. The predicted molar refractivity (Wildman–Crippen MR) is 78.7 cm³/mol. The summed E-state index contributed by atoms with van der Waals surface area (Å²) in [5.41, 5.74) is 3.38. The molecule has 1 aliphatic rings. The lowest BCUT2D eigenvalue weighted by Gasteiger charge is -2.38. The van der Waals surface area contributed by atoms with Gasteiger partial charge in [-0.2, -0.15) is 0 Å². The van der Waals surface area contributed by atoms with Crippen molar-refractivity contribution in [1.29, 1.82) is 0 Å². The van der Waals surface area contributed by atoms with Crippen molar-refractivity contribution in [3.63, 3.8) is 0 Å². The zero-order chi connectivity index (χ0) is 13.2. The average Bonchev–Trinajstić information content (AvgIpc) is 2.32. The van der Waals surface area contributed by atoms with Crippen molar-refractivity contribution < 1.29 is 0 Å². The normalized spacial score (nSPS) is 21.8. The van der Waals surface area contributed by atoms with Gasteiger partial charge in [-0.1, -0.05) is 43.7 Å². The molecule has 0 aromatic heterocycles. The fourth-order valence-corrected chi connectivity index (χ4v) is 3.29. The summed E-state index contributed by atoms with van der Waals surface area (Å²) in [5.74, 6) is 0.796. The molecule has 1 heteroatoms. The van der Waals surface area contributed by atoms with Gasteiger partial charge >= 0.3 is 0 Å². The van der Waals surface area contributed by atoms with E-state index < -0.39 is 0 Å². The third-order valence-electron chi connectivity index (χ3n) is 4.57. The van der Waals surface area contributed by atoms with Crippen LogP contribution in [-0.4, -0.2) is 7.05 Å². The number of aryl methyl sites for hydroxylation is 1. The largest absolute Gasteiger partial charge is 0.313 e. The Kier molecular flexibility index (Phi) is 4.11. The van der Waals surface area contributed by atoms with Crippen LogP contribution < -0.4 is 5.32 Å². The van der Waals surface area contributed by atoms with Crippen LogP contribution in [0.1, 0.15) is 56.7 Å². The van der Waals surface area contributed by atoms with Crippen molar-refractivity contribution in [2.24, 2.45) is 11.3 Å². The SMILES string of the molecule is CNC(c1cccc(C)c1)C1CCC(C)(C)CC1. The van der Waals surface area contributed by atoms with Gasteiger partial charge in [0.2, 0.25) is 0 Å². The zero-order valence-corrected chi connectivity index (χ0v) is 12.3. The Labute approximate surface area is 112 Å². The van der Waals surface area contributed by atoms with Gasteiger partial charge in [-0.05, 0) is 56.6 Å². The predicted octanol–water partition coefficient (Wildman–Crippen LogP) is 4.47. The first-order valence-corrected chi connectivity index (χ1v) is 7.26. The summed E-state index contributed by atoms with van der Waals surface area (Å²) < 4.78 is 0. The van der Waals surface area contributed by atoms with Crippen molar-refractivity contribution >= 4 is 0 Å². The molecule has 18 heavy (non-hydrogen) atoms. The molecule has 0 radical (unpaired) electrons. The fourth-order valence-electron chi connectivity index (χ4n) is 3.29. The van der Waals surface area contributed by atoms with Crippen LogP contribution in [0.4, 0.5) is 0 Å². The lowest BCUT2D eigenvalue weighted by molar-refractivity contribution is 0.164. The molecule has 0 spiro atoms. The van der Waals surface area contributed by atoms with Crippen LogP contribution in [-0.2, 0) is 0 Å². The molecule has 0 saturated heterocycles. The molecular formula is C17H27N. The van der Waals surface area contributed by atoms with E-state index in [-0.39, 0.29) is 0 Å². The summed E-state index contributed by atoms with van der Waals surface area (Å²) >= 11 is 0. The Morgan fingerprint density at radius 2 is 1.89 bits per heavy atom.